The van der Waals surface area contributed by atoms with E-state index in [0.29, 0.717) is 13.0 Å². The molecule has 0 bridgehead atoms. The van der Waals surface area contributed by atoms with Crippen molar-refractivity contribution in [2.75, 3.05) is 6.61 Å². The standard InChI is InChI=1S/C34H68O2.Na.H2O4S/c1-3-5-7-9-11-13-15-17-19-20-22-24-26-28-30-32-34(35)36-33-31-29-27-25-23-21-18-16-14-12-10-8-6-4-2;;1-5(2,3)4/h3-33H2,1-2H3;;(H2,1,2,3,4)/q;+1;/p-2. The third kappa shape index (κ3) is 52.9. The molecule has 6 nitrogen and oxygen atoms in total. The van der Waals surface area contributed by atoms with Crippen LogP contribution in [0, 0.1) is 0 Å². The van der Waals surface area contributed by atoms with E-state index in [-0.39, 0.29) is 35.5 Å². The second kappa shape index (κ2) is 39.4. The minimum absolute atomic E-state index is 0. The van der Waals surface area contributed by atoms with E-state index >= 15 is 0 Å². The van der Waals surface area contributed by atoms with Gasteiger partial charge in [-0.1, -0.05) is 187 Å². The van der Waals surface area contributed by atoms with E-state index < -0.39 is 10.4 Å². The van der Waals surface area contributed by atoms with Crippen LogP contribution in [0.4, 0.5) is 0 Å². The molecule has 0 fully saturated rings. The van der Waals surface area contributed by atoms with Crippen molar-refractivity contribution in [1.29, 1.82) is 0 Å². The van der Waals surface area contributed by atoms with Crippen molar-refractivity contribution in [1.82, 2.24) is 0 Å². The van der Waals surface area contributed by atoms with Crippen molar-refractivity contribution in [3.05, 3.63) is 0 Å². The Morgan fingerprint density at radius 2 is 0.667 bits per heavy atom. The van der Waals surface area contributed by atoms with Crippen molar-refractivity contribution in [2.45, 2.75) is 206 Å². The van der Waals surface area contributed by atoms with Crippen molar-refractivity contribution in [3.8, 4) is 0 Å². The van der Waals surface area contributed by atoms with Crippen LogP contribution in [0.1, 0.15) is 206 Å². The van der Waals surface area contributed by atoms with Gasteiger partial charge in [0.1, 0.15) is 0 Å². The molecule has 0 unspecified atom stereocenters. The molecular weight excluding hydrogens is 559 g/mol. The number of hydrogen-bond acceptors (Lipinski definition) is 6. The van der Waals surface area contributed by atoms with Gasteiger partial charge in [0, 0.05) is 16.8 Å². The van der Waals surface area contributed by atoms with Gasteiger partial charge in [-0.3, -0.25) is 13.2 Å². The van der Waals surface area contributed by atoms with Crippen LogP contribution in [0.5, 0.6) is 0 Å². The van der Waals surface area contributed by atoms with E-state index in [0.717, 1.165) is 12.8 Å². The van der Waals surface area contributed by atoms with Crippen molar-refractivity contribution >= 4 is 16.4 Å². The second-order valence-electron chi connectivity index (χ2n) is 11.9. The Kier molecular flexibility index (Phi) is 43.8. The van der Waals surface area contributed by atoms with Crippen LogP contribution in [-0.2, 0) is 19.9 Å². The molecular formula is C34H68NaO6S-. The zero-order valence-corrected chi connectivity index (χ0v) is 31.1. The molecule has 0 aromatic rings. The van der Waals surface area contributed by atoms with Gasteiger partial charge in [-0.15, -0.1) is 0 Å². The van der Waals surface area contributed by atoms with Crippen LogP contribution in [0.2, 0.25) is 0 Å². The number of carbonyl (C=O) groups is 1. The second-order valence-corrected chi connectivity index (χ2v) is 12.7. The quantitative estimate of drug-likeness (QED) is 0.0254. The largest absolute Gasteiger partial charge is 1.00 e. The van der Waals surface area contributed by atoms with Crippen LogP contribution >= 0.6 is 0 Å². The molecule has 42 heavy (non-hydrogen) atoms. The van der Waals surface area contributed by atoms with Gasteiger partial charge in [0.15, 0.2) is 0 Å². The molecule has 0 aromatic carbocycles. The first kappa shape index (κ1) is 46.8. The van der Waals surface area contributed by atoms with Crippen molar-refractivity contribution < 1.29 is 56.6 Å². The van der Waals surface area contributed by atoms with E-state index in [1.54, 1.807) is 0 Å². The first-order valence-electron chi connectivity index (χ1n) is 17.6. The summed E-state index contributed by atoms with van der Waals surface area (Å²) in [6, 6.07) is 0. The van der Waals surface area contributed by atoms with E-state index in [2.05, 4.69) is 13.8 Å². The molecule has 0 radical (unpaired) electrons. The van der Waals surface area contributed by atoms with E-state index in [1.165, 1.54) is 173 Å². The number of rotatable bonds is 31. The van der Waals surface area contributed by atoms with Gasteiger partial charge in [-0.25, -0.2) is 0 Å². The van der Waals surface area contributed by atoms with Crippen LogP contribution in [0.3, 0.4) is 0 Å². The molecule has 0 aliphatic carbocycles. The predicted octanol–water partition coefficient (Wildman–Crippen LogP) is 7.94. The summed E-state index contributed by atoms with van der Waals surface area (Å²) in [7, 11) is -5.17. The molecule has 0 rings (SSSR count). The minimum Gasteiger partial charge on any atom is -0.759 e. The van der Waals surface area contributed by atoms with Crippen LogP contribution in [-0.4, -0.2) is 30.1 Å². The fourth-order valence-electron chi connectivity index (χ4n) is 5.20. The van der Waals surface area contributed by atoms with E-state index in [4.69, 9.17) is 22.3 Å². The van der Waals surface area contributed by atoms with Crippen LogP contribution in [0.25, 0.3) is 0 Å². The van der Waals surface area contributed by atoms with Crippen molar-refractivity contribution in [2.24, 2.45) is 0 Å². The Morgan fingerprint density at radius 3 is 0.929 bits per heavy atom. The fourth-order valence-corrected chi connectivity index (χ4v) is 5.20. The summed E-state index contributed by atoms with van der Waals surface area (Å²) in [5.41, 5.74) is 0. The number of unbranched alkanes of at least 4 members (excludes halogenated alkanes) is 27. The maximum Gasteiger partial charge on any atom is 1.00 e. The van der Waals surface area contributed by atoms with E-state index in [1.807, 2.05) is 0 Å². The Balaban J connectivity index is -0.00000232. The average Bonchev–Trinajstić information content (AvgIpc) is 2.92. The maximum absolute atomic E-state index is 11.9. The Hall–Kier alpha value is 0.340. The molecule has 0 N–H and O–H groups in total. The van der Waals surface area contributed by atoms with Gasteiger partial charge in [-0.05, 0) is 12.8 Å². The molecule has 0 aromatic heterocycles. The fraction of sp³-hybridized carbons (Fsp3) is 0.971. The SMILES string of the molecule is CCCCCCCCCCCCCCCCCC(=O)OCCCCCCCCCCCCCCCC.O=S(=O)([O-])[O-].[Na+]. The van der Waals surface area contributed by atoms with Crippen LogP contribution in [0.15, 0.2) is 0 Å². The Bertz CT molecular complexity index is 571. The zero-order valence-electron chi connectivity index (χ0n) is 28.3. The van der Waals surface area contributed by atoms with Gasteiger partial charge in [-0.2, -0.15) is 0 Å². The summed E-state index contributed by atoms with van der Waals surface area (Å²) in [5, 5.41) is 0. The molecule has 0 aliphatic rings. The predicted molar refractivity (Wildman–Crippen MR) is 171 cm³/mol. The Morgan fingerprint density at radius 1 is 0.452 bits per heavy atom. The molecule has 0 spiro atoms. The number of hydrogen-bond donors (Lipinski definition) is 0. The van der Waals surface area contributed by atoms with Gasteiger partial charge in [0.25, 0.3) is 0 Å². The summed E-state index contributed by atoms with van der Waals surface area (Å²) in [6.07, 6.45) is 40.1. The first-order chi connectivity index (χ1) is 19.8. The number of esters is 1. The molecule has 0 atom stereocenters. The van der Waals surface area contributed by atoms with Gasteiger partial charge >= 0.3 is 35.5 Å². The molecule has 0 saturated heterocycles. The summed E-state index contributed by atoms with van der Waals surface area (Å²) in [4.78, 5) is 11.9. The molecule has 8 heteroatoms. The van der Waals surface area contributed by atoms with Gasteiger partial charge < -0.3 is 13.8 Å². The first-order valence-corrected chi connectivity index (χ1v) is 19.0. The van der Waals surface area contributed by atoms with Crippen molar-refractivity contribution in [3.63, 3.8) is 0 Å². The summed E-state index contributed by atoms with van der Waals surface area (Å²) in [6.45, 7) is 5.21. The normalized spacial score (nSPS) is 11.0. The summed E-state index contributed by atoms with van der Waals surface area (Å²) >= 11 is 0. The average molecular weight is 628 g/mol. The molecule has 0 heterocycles. The monoisotopic (exact) mass is 627 g/mol. The smallest absolute Gasteiger partial charge is 0.759 e. The number of ether oxygens (including phenoxy) is 1. The van der Waals surface area contributed by atoms with Crippen LogP contribution < -0.4 is 29.6 Å². The maximum atomic E-state index is 11.9. The molecule has 0 aliphatic heterocycles. The molecule has 0 saturated carbocycles. The minimum atomic E-state index is -5.17. The van der Waals surface area contributed by atoms with Gasteiger partial charge in [0.05, 0.1) is 6.61 Å². The molecule has 248 valence electrons. The summed E-state index contributed by atoms with van der Waals surface area (Å²) < 4.78 is 39.5. The number of carbonyl (C=O) groups excluding carboxylic acids is 1. The summed E-state index contributed by atoms with van der Waals surface area (Å²) in [5.74, 6) is 0.0272. The topological polar surface area (TPSA) is 107 Å². The third-order valence-corrected chi connectivity index (χ3v) is 7.75. The Labute approximate surface area is 284 Å². The van der Waals surface area contributed by atoms with Gasteiger partial charge in [0.2, 0.25) is 0 Å². The third-order valence-electron chi connectivity index (χ3n) is 7.75. The molecule has 0 amide bonds. The zero-order chi connectivity index (χ0) is 30.7. The van der Waals surface area contributed by atoms with E-state index in [9.17, 15) is 4.79 Å².